The molecule has 0 radical (unpaired) electrons. The van der Waals surface area contributed by atoms with Gasteiger partial charge in [-0.3, -0.25) is 4.79 Å². The molecule has 8 heteroatoms. The van der Waals surface area contributed by atoms with Gasteiger partial charge in [0.2, 0.25) is 5.91 Å². The average molecular weight is 437 g/mol. The molecule has 1 aliphatic heterocycles. The van der Waals surface area contributed by atoms with Gasteiger partial charge in [-0.25, -0.2) is 4.98 Å². The number of aryl methyl sites for hydroxylation is 1. The van der Waals surface area contributed by atoms with E-state index in [1.54, 1.807) is 0 Å². The highest BCUT2D eigenvalue weighted by atomic mass is 35.5. The first-order valence-electron chi connectivity index (χ1n) is 9.29. The summed E-state index contributed by atoms with van der Waals surface area (Å²) >= 11 is 0. The smallest absolute Gasteiger partial charge is 0.249 e. The number of imidazole rings is 1. The second kappa shape index (κ2) is 10.1. The van der Waals surface area contributed by atoms with Crippen molar-refractivity contribution in [1.82, 2.24) is 14.9 Å². The molecule has 1 aliphatic rings. The Morgan fingerprint density at radius 2 is 1.86 bits per heavy atom. The van der Waals surface area contributed by atoms with E-state index in [9.17, 15) is 4.79 Å². The maximum Gasteiger partial charge on any atom is 0.249 e. The lowest BCUT2D eigenvalue weighted by Crippen LogP contribution is -2.39. The third-order valence-electron chi connectivity index (χ3n) is 5.16. The van der Waals surface area contributed by atoms with Crippen LogP contribution in [0.25, 0.3) is 11.0 Å². The third-order valence-corrected chi connectivity index (χ3v) is 5.16. The Bertz CT molecular complexity index is 948. The molecular weight excluding hydrogens is 411 g/mol. The molecule has 4 rings (SSSR count). The Kier molecular flexibility index (Phi) is 8.05. The highest BCUT2D eigenvalue weighted by Crippen LogP contribution is 2.26. The second-order valence-corrected chi connectivity index (χ2v) is 6.93. The number of rotatable bonds is 5. The first-order chi connectivity index (χ1) is 13.2. The summed E-state index contributed by atoms with van der Waals surface area (Å²) in [5.41, 5.74) is 8.59. The highest BCUT2D eigenvalue weighted by Gasteiger charge is 2.32. The Morgan fingerprint density at radius 1 is 1.17 bits per heavy atom. The van der Waals surface area contributed by atoms with Crippen molar-refractivity contribution in [3.63, 3.8) is 0 Å². The molecule has 0 aliphatic carbocycles. The van der Waals surface area contributed by atoms with Gasteiger partial charge in [0.05, 0.1) is 17.1 Å². The highest BCUT2D eigenvalue weighted by molar-refractivity contribution is 5.85. The number of hydrogen-bond acceptors (Lipinski definition) is 4. The zero-order valence-electron chi connectivity index (χ0n) is 16.2. The fraction of sp³-hybridized carbons (Fsp3) is 0.333. The second-order valence-electron chi connectivity index (χ2n) is 6.93. The minimum absolute atomic E-state index is 0. The van der Waals surface area contributed by atoms with Crippen LogP contribution in [0, 0.1) is 0 Å². The molecule has 1 fully saturated rings. The molecule has 0 spiro atoms. The monoisotopic (exact) mass is 436 g/mol. The van der Waals surface area contributed by atoms with Crippen LogP contribution in [0.5, 0.6) is 0 Å². The van der Waals surface area contributed by atoms with Crippen molar-refractivity contribution in [3.05, 3.63) is 66.0 Å². The molecule has 2 heterocycles. The first-order valence-corrected chi connectivity index (χ1v) is 9.29. The summed E-state index contributed by atoms with van der Waals surface area (Å²) in [5, 5.41) is 3.15. The van der Waals surface area contributed by atoms with Gasteiger partial charge in [-0.2, -0.15) is 0 Å². The molecule has 29 heavy (non-hydrogen) atoms. The topological polar surface area (TPSA) is 82.2 Å². The number of amides is 1. The third kappa shape index (κ3) is 4.73. The van der Waals surface area contributed by atoms with E-state index in [0.29, 0.717) is 13.0 Å². The van der Waals surface area contributed by atoms with Crippen LogP contribution in [0.1, 0.15) is 30.3 Å². The summed E-state index contributed by atoms with van der Waals surface area (Å²) in [6, 6.07) is 17.5. The number of nitrogens with one attached hydrogen (secondary N) is 1. The fourth-order valence-electron chi connectivity index (χ4n) is 3.67. The van der Waals surface area contributed by atoms with Crippen molar-refractivity contribution < 1.29 is 9.53 Å². The van der Waals surface area contributed by atoms with Crippen LogP contribution in [0.15, 0.2) is 54.6 Å². The van der Waals surface area contributed by atoms with E-state index in [1.807, 2.05) is 66.2 Å². The van der Waals surface area contributed by atoms with Crippen LogP contribution >= 0.6 is 24.8 Å². The van der Waals surface area contributed by atoms with Gasteiger partial charge < -0.3 is 20.4 Å². The molecule has 3 aromatic rings. The standard InChI is InChI=1S/C21H24N4O2.2ClH/c1-25-17-10-6-5-9-16(17)23-20(25)19(14-7-3-2-4-8-14)24-21(26)18-12-11-15(13-22)27-18;;/h2-10,15,18-19H,11-13,22H2,1H3,(H,24,26);2*1H/t15-,18+,19?;;/m1../s1. The van der Waals surface area contributed by atoms with Gasteiger partial charge in [0.25, 0.3) is 0 Å². The predicted molar refractivity (Wildman–Crippen MR) is 119 cm³/mol. The Labute approximate surface area is 182 Å². The lowest BCUT2D eigenvalue weighted by molar-refractivity contribution is -0.132. The van der Waals surface area contributed by atoms with Crippen molar-refractivity contribution >= 4 is 41.8 Å². The molecule has 6 nitrogen and oxygen atoms in total. The molecule has 1 amide bonds. The molecular formula is C21H26Cl2N4O2. The van der Waals surface area contributed by atoms with E-state index in [1.165, 1.54) is 0 Å². The van der Waals surface area contributed by atoms with E-state index in [2.05, 4.69) is 5.32 Å². The molecule has 1 aromatic heterocycles. The summed E-state index contributed by atoms with van der Waals surface area (Å²) in [7, 11) is 1.98. The number of aromatic nitrogens is 2. The van der Waals surface area contributed by atoms with Gasteiger partial charge in [0.15, 0.2) is 0 Å². The summed E-state index contributed by atoms with van der Waals surface area (Å²) < 4.78 is 7.80. The predicted octanol–water partition coefficient (Wildman–Crippen LogP) is 3.13. The number of fused-ring (bicyclic) bond motifs is 1. The first kappa shape index (κ1) is 23.2. The number of para-hydroxylation sites is 2. The molecule has 3 N–H and O–H groups in total. The van der Waals surface area contributed by atoms with E-state index in [4.69, 9.17) is 15.5 Å². The summed E-state index contributed by atoms with van der Waals surface area (Å²) in [4.78, 5) is 17.7. The van der Waals surface area contributed by atoms with Crippen molar-refractivity contribution in [2.75, 3.05) is 6.54 Å². The quantitative estimate of drug-likeness (QED) is 0.643. The van der Waals surface area contributed by atoms with Crippen LogP contribution in [-0.4, -0.2) is 34.2 Å². The number of nitrogens with two attached hydrogens (primary N) is 1. The number of benzene rings is 2. The number of carbonyl (C=O) groups is 1. The number of halogens is 2. The van der Waals surface area contributed by atoms with E-state index in [-0.39, 0.29) is 42.9 Å². The summed E-state index contributed by atoms with van der Waals surface area (Å²) in [6.45, 7) is 0.441. The van der Waals surface area contributed by atoms with Gasteiger partial charge in [0, 0.05) is 13.6 Å². The maximum atomic E-state index is 12.9. The molecule has 1 unspecified atom stereocenters. The van der Waals surface area contributed by atoms with Crippen LogP contribution in [0.2, 0.25) is 0 Å². The Balaban J connectivity index is 0.00000150. The zero-order valence-corrected chi connectivity index (χ0v) is 17.8. The van der Waals surface area contributed by atoms with E-state index < -0.39 is 6.10 Å². The maximum absolute atomic E-state index is 12.9. The minimum Gasteiger partial charge on any atom is -0.364 e. The number of hydrogen-bond donors (Lipinski definition) is 2. The van der Waals surface area contributed by atoms with Gasteiger partial charge in [-0.1, -0.05) is 42.5 Å². The molecule has 3 atom stereocenters. The lowest BCUT2D eigenvalue weighted by Gasteiger charge is -2.21. The van der Waals surface area contributed by atoms with Crippen molar-refractivity contribution in [2.45, 2.75) is 31.1 Å². The molecule has 0 bridgehead atoms. The van der Waals surface area contributed by atoms with E-state index >= 15 is 0 Å². The lowest BCUT2D eigenvalue weighted by atomic mass is 10.1. The van der Waals surface area contributed by atoms with Crippen LogP contribution < -0.4 is 11.1 Å². The molecule has 156 valence electrons. The number of carbonyl (C=O) groups excluding carboxylic acids is 1. The largest absolute Gasteiger partial charge is 0.364 e. The van der Waals surface area contributed by atoms with Gasteiger partial charge >= 0.3 is 0 Å². The van der Waals surface area contributed by atoms with Crippen molar-refractivity contribution in [2.24, 2.45) is 12.8 Å². The van der Waals surface area contributed by atoms with Crippen LogP contribution in [-0.2, 0) is 16.6 Å². The summed E-state index contributed by atoms with van der Waals surface area (Å²) in [6.07, 6.45) is 1.01. The minimum atomic E-state index is -0.459. The summed E-state index contributed by atoms with van der Waals surface area (Å²) in [5.74, 6) is 0.677. The Morgan fingerprint density at radius 3 is 2.52 bits per heavy atom. The normalized spacial score (nSPS) is 19.2. The SMILES string of the molecule is Cl.Cl.Cn1c(C(NC(=O)[C@@H]2CC[C@H](CN)O2)c2ccccc2)nc2ccccc21. The average Bonchev–Trinajstić information content (AvgIpc) is 3.32. The Hall–Kier alpha value is -2.12. The fourth-order valence-corrected chi connectivity index (χ4v) is 3.67. The number of ether oxygens (including phenoxy) is 1. The van der Waals surface area contributed by atoms with Gasteiger partial charge in [0.1, 0.15) is 18.0 Å². The van der Waals surface area contributed by atoms with Crippen molar-refractivity contribution in [1.29, 1.82) is 0 Å². The van der Waals surface area contributed by atoms with Crippen LogP contribution in [0.4, 0.5) is 0 Å². The number of nitrogens with zero attached hydrogens (tertiary/aromatic N) is 2. The van der Waals surface area contributed by atoms with Gasteiger partial charge in [-0.05, 0) is 30.5 Å². The zero-order chi connectivity index (χ0) is 18.8. The molecule has 2 aromatic carbocycles. The molecule has 1 saturated heterocycles. The molecule has 0 saturated carbocycles. The van der Waals surface area contributed by atoms with E-state index in [0.717, 1.165) is 28.8 Å². The van der Waals surface area contributed by atoms with Crippen LogP contribution in [0.3, 0.4) is 0 Å². The van der Waals surface area contributed by atoms with Crippen molar-refractivity contribution in [3.8, 4) is 0 Å². The van der Waals surface area contributed by atoms with Gasteiger partial charge in [-0.15, -0.1) is 24.8 Å².